The van der Waals surface area contributed by atoms with Crippen LogP contribution in [-0.2, 0) is 29.1 Å². The molecule has 0 bridgehead atoms. The van der Waals surface area contributed by atoms with Crippen molar-refractivity contribution in [2.24, 2.45) is 0 Å². The fourth-order valence-corrected chi connectivity index (χ4v) is 3.14. The maximum Gasteiger partial charge on any atom is 0.332 e. The van der Waals surface area contributed by atoms with Gasteiger partial charge in [0.15, 0.2) is 6.10 Å². The van der Waals surface area contributed by atoms with E-state index >= 15 is 0 Å². The molecule has 3 rings (SSSR count). The van der Waals surface area contributed by atoms with Crippen LogP contribution in [0.15, 0.2) is 72.9 Å². The van der Waals surface area contributed by atoms with Crippen molar-refractivity contribution >= 4 is 17.8 Å². The smallest absolute Gasteiger partial charge is 0.332 e. The number of ketones is 1. The largest absolute Gasteiger partial charge is 0.479 e. The van der Waals surface area contributed by atoms with E-state index in [9.17, 15) is 9.59 Å². The van der Waals surface area contributed by atoms with Gasteiger partial charge in [-0.1, -0.05) is 67.6 Å². The van der Waals surface area contributed by atoms with Gasteiger partial charge in [0.2, 0.25) is 5.78 Å². The van der Waals surface area contributed by atoms with Gasteiger partial charge in [0.25, 0.3) is 0 Å². The Morgan fingerprint density at radius 3 is 2.35 bits per heavy atom. The van der Waals surface area contributed by atoms with E-state index in [0.29, 0.717) is 17.8 Å². The Morgan fingerprint density at radius 2 is 1.71 bits per heavy atom. The number of carboxylic acid groups (broad SMARTS) is 1. The lowest BCUT2D eigenvalue weighted by atomic mass is 10.0. The van der Waals surface area contributed by atoms with Crippen LogP contribution in [-0.4, -0.2) is 27.5 Å². The number of aliphatic carboxylic acids is 1. The molecule has 31 heavy (non-hydrogen) atoms. The van der Waals surface area contributed by atoms with Gasteiger partial charge in [-0.2, -0.15) is 0 Å². The minimum absolute atomic E-state index is 0.0148. The van der Waals surface area contributed by atoms with E-state index in [1.807, 2.05) is 83.6 Å². The van der Waals surface area contributed by atoms with E-state index in [1.165, 1.54) is 12.5 Å². The van der Waals surface area contributed by atoms with E-state index < -0.39 is 12.1 Å². The van der Waals surface area contributed by atoms with Crippen LogP contribution in [0.4, 0.5) is 0 Å². The number of allylic oxidation sites excluding steroid dienone is 1. The first kappa shape index (κ1) is 22.2. The second-order valence-electron chi connectivity index (χ2n) is 7.36. The number of aromatic nitrogens is 1. The zero-order valence-electron chi connectivity index (χ0n) is 17.8. The lowest BCUT2D eigenvalue weighted by Crippen LogP contribution is -2.19. The summed E-state index contributed by atoms with van der Waals surface area (Å²) in [6, 6.07) is 19.2. The lowest BCUT2D eigenvalue weighted by Gasteiger charge is -2.08. The molecule has 0 amide bonds. The van der Waals surface area contributed by atoms with Crippen molar-refractivity contribution < 1.29 is 19.4 Å². The highest BCUT2D eigenvalue weighted by molar-refractivity contribution is 6.08. The third-order valence-electron chi connectivity index (χ3n) is 5.13. The first-order valence-corrected chi connectivity index (χ1v) is 10.4. The molecule has 1 N–H and O–H groups in total. The molecule has 0 aliphatic heterocycles. The van der Waals surface area contributed by atoms with Crippen molar-refractivity contribution in [1.82, 2.24) is 4.57 Å². The summed E-state index contributed by atoms with van der Waals surface area (Å²) in [5, 5.41) is 8.86. The highest BCUT2D eigenvalue weighted by Gasteiger charge is 2.13. The average Bonchev–Trinajstić information content (AvgIpc) is 3.26. The van der Waals surface area contributed by atoms with Gasteiger partial charge < -0.3 is 14.4 Å². The molecule has 0 aliphatic carbocycles. The number of hydrogen-bond donors (Lipinski definition) is 1. The van der Waals surface area contributed by atoms with Crippen LogP contribution in [0.25, 0.3) is 6.08 Å². The Morgan fingerprint density at radius 1 is 1.03 bits per heavy atom. The molecular formula is C26H27NO4. The minimum atomic E-state index is -0.972. The number of ether oxygens (including phenoxy) is 1. The van der Waals surface area contributed by atoms with Gasteiger partial charge in [-0.15, -0.1) is 0 Å². The first-order valence-electron chi connectivity index (χ1n) is 10.4. The van der Waals surface area contributed by atoms with Gasteiger partial charge in [0.05, 0.1) is 12.3 Å². The van der Waals surface area contributed by atoms with Crippen LogP contribution in [0.2, 0.25) is 0 Å². The molecule has 160 valence electrons. The third-order valence-corrected chi connectivity index (χ3v) is 5.13. The predicted octanol–water partition coefficient (Wildman–Crippen LogP) is 4.98. The SMILES string of the molecule is CCc1ccc(C(=O)c2cccn2CC=Cc2ccc(CO[C@H](C)C(=O)O)cc2)cc1. The topological polar surface area (TPSA) is 68.5 Å². The maximum absolute atomic E-state index is 12.9. The summed E-state index contributed by atoms with van der Waals surface area (Å²) < 4.78 is 7.22. The van der Waals surface area contributed by atoms with Crippen molar-refractivity contribution in [2.75, 3.05) is 0 Å². The van der Waals surface area contributed by atoms with Crippen LogP contribution >= 0.6 is 0 Å². The Bertz CT molecular complexity index is 1050. The molecule has 0 saturated carbocycles. The zero-order chi connectivity index (χ0) is 22.2. The summed E-state index contributed by atoms with van der Waals surface area (Å²) in [4.78, 5) is 23.7. The Hall–Kier alpha value is -3.44. The van der Waals surface area contributed by atoms with Gasteiger partial charge in [-0.25, -0.2) is 4.79 Å². The standard InChI is InChI=1S/C26H27NO4/c1-3-20-12-14-23(15-13-20)25(28)24-7-5-17-27(24)16-4-6-21-8-10-22(11-9-21)18-31-19(2)26(29)30/h4-15,17,19H,3,16,18H2,1-2H3,(H,29,30)/t19-/m1/s1. The van der Waals surface area contributed by atoms with Gasteiger partial charge >= 0.3 is 5.97 Å². The molecule has 1 heterocycles. The Kier molecular flexibility index (Phi) is 7.57. The van der Waals surface area contributed by atoms with Crippen LogP contribution in [0.5, 0.6) is 0 Å². The first-order chi connectivity index (χ1) is 15.0. The summed E-state index contributed by atoms with van der Waals surface area (Å²) >= 11 is 0. The average molecular weight is 418 g/mol. The predicted molar refractivity (Wildman–Crippen MR) is 121 cm³/mol. The van der Waals surface area contributed by atoms with Crippen molar-refractivity contribution in [3.8, 4) is 0 Å². The molecule has 5 heteroatoms. The number of aryl methyl sites for hydroxylation is 1. The molecule has 0 spiro atoms. The van der Waals surface area contributed by atoms with Crippen molar-refractivity contribution in [2.45, 2.75) is 39.5 Å². The number of benzene rings is 2. The van der Waals surface area contributed by atoms with Crippen molar-refractivity contribution in [1.29, 1.82) is 0 Å². The van der Waals surface area contributed by atoms with Gasteiger partial charge in [0, 0.05) is 18.3 Å². The molecule has 0 radical (unpaired) electrons. The zero-order valence-corrected chi connectivity index (χ0v) is 17.8. The van der Waals surface area contributed by atoms with E-state index in [2.05, 4.69) is 6.92 Å². The maximum atomic E-state index is 12.9. The number of carboxylic acids is 1. The number of nitrogens with zero attached hydrogens (tertiary/aromatic N) is 1. The van der Waals surface area contributed by atoms with Crippen molar-refractivity contribution in [3.05, 3.63) is 101 Å². The molecule has 0 fully saturated rings. The fraction of sp³-hybridized carbons (Fsp3) is 0.231. The molecular weight excluding hydrogens is 390 g/mol. The van der Waals surface area contributed by atoms with Crippen LogP contribution in [0.1, 0.15) is 46.6 Å². The summed E-state index contributed by atoms with van der Waals surface area (Å²) in [5.74, 6) is -0.957. The van der Waals surface area contributed by atoms with Gasteiger partial charge in [0.1, 0.15) is 0 Å². The Balaban J connectivity index is 1.60. The number of rotatable bonds is 10. The van der Waals surface area contributed by atoms with Gasteiger partial charge in [-0.05, 0) is 42.2 Å². The quantitative estimate of drug-likeness (QED) is 0.472. The molecule has 2 aromatic carbocycles. The highest BCUT2D eigenvalue weighted by atomic mass is 16.5. The Labute approximate surface area is 182 Å². The van der Waals surface area contributed by atoms with Crippen LogP contribution in [0.3, 0.4) is 0 Å². The fourth-order valence-electron chi connectivity index (χ4n) is 3.14. The normalized spacial score (nSPS) is 12.2. The summed E-state index contributed by atoms with van der Waals surface area (Å²) in [6.07, 6.45) is 6.03. The lowest BCUT2D eigenvalue weighted by molar-refractivity contribution is -0.149. The van der Waals surface area contributed by atoms with E-state index in [-0.39, 0.29) is 12.4 Å². The van der Waals surface area contributed by atoms with Crippen LogP contribution in [0, 0.1) is 0 Å². The van der Waals surface area contributed by atoms with Gasteiger partial charge in [-0.3, -0.25) is 4.79 Å². The molecule has 3 aromatic rings. The number of carbonyl (C=O) groups excluding carboxylic acids is 1. The molecule has 0 unspecified atom stereocenters. The highest BCUT2D eigenvalue weighted by Crippen LogP contribution is 2.14. The molecule has 1 atom stereocenters. The summed E-state index contributed by atoms with van der Waals surface area (Å²) in [6.45, 7) is 4.45. The summed E-state index contributed by atoms with van der Waals surface area (Å²) in [5.41, 5.74) is 4.50. The van der Waals surface area contributed by atoms with Crippen molar-refractivity contribution in [3.63, 3.8) is 0 Å². The third kappa shape index (κ3) is 6.03. The molecule has 0 aliphatic rings. The van der Waals surface area contributed by atoms with E-state index in [0.717, 1.165) is 17.5 Å². The molecule has 1 aromatic heterocycles. The van der Waals surface area contributed by atoms with E-state index in [1.54, 1.807) is 0 Å². The number of carbonyl (C=O) groups is 2. The second-order valence-corrected chi connectivity index (χ2v) is 7.36. The molecule has 0 saturated heterocycles. The van der Waals surface area contributed by atoms with Crippen LogP contribution < -0.4 is 0 Å². The monoisotopic (exact) mass is 417 g/mol. The van der Waals surface area contributed by atoms with E-state index in [4.69, 9.17) is 9.84 Å². The number of hydrogen-bond acceptors (Lipinski definition) is 3. The minimum Gasteiger partial charge on any atom is -0.479 e. The molecule has 5 nitrogen and oxygen atoms in total. The summed E-state index contributed by atoms with van der Waals surface area (Å²) in [7, 11) is 0. The second kappa shape index (κ2) is 10.5.